The van der Waals surface area contributed by atoms with Gasteiger partial charge in [0.2, 0.25) is 5.91 Å². The highest BCUT2D eigenvalue weighted by Gasteiger charge is 2.27. The predicted molar refractivity (Wildman–Crippen MR) is 95.5 cm³/mol. The summed E-state index contributed by atoms with van der Waals surface area (Å²) < 4.78 is 10.5. The zero-order valence-corrected chi connectivity index (χ0v) is 14.9. The maximum atomic E-state index is 12.3. The first-order chi connectivity index (χ1) is 11.5. The lowest BCUT2D eigenvalue weighted by molar-refractivity contribution is -0.132. The smallest absolute Gasteiger partial charge is 0.220 e. The zero-order chi connectivity index (χ0) is 17.7. The number of nitrogens with zero attached hydrogens (tertiary/aromatic N) is 1. The second-order valence-electron chi connectivity index (χ2n) is 5.97. The van der Waals surface area contributed by atoms with Crippen LogP contribution >= 0.6 is 0 Å². The molecule has 4 nitrogen and oxygen atoms in total. The molecule has 0 radical (unpaired) electrons. The molecule has 0 saturated carbocycles. The van der Waals surface area contributed by atoms with E-state index in [0.29, 0.717) is 0 Å². The molecule has 0 aromatic heterocycles. The Morgan fingerprint density at radius 1 is 0.833 bits per heavy atom. The quantitative estimate of drug-likeness (QED) is 0.803. The summed E-state index contributed by atoms with van der Waals surface area (Å²) in [4.78, 5) is 14.2. The highest BCUT2D eigenvalue weighted by molar-refractivity contribution is 5.75. The fraction of sp³-hybridized carbons (Fsp3) is 0.350. The lowest BCUT2D eigenvalue weighted by Gasteiger charge is -2.35. The van der Waals surface area contributed by atoms with Crippen LogP contribution < -0.4 is 9.47 Å². The number of amides is 1. The lowest BCUT2D eigenvalue weighted by atomic mass is 9.95. The number of hydrogen-bond acceptors (Lipinski definition) is 3. The van der Waals surface area contributed by atoms with Gasteiger partial charge in [-0.1, -0.05) is 24.3 Å². The summed E-state index contributed by atoms with van der Waals surface area (Å²) in [5, 5.41) is 0. The zero-order valence-electron chi connectivity index (χ0n) is 14.9. The summed E-state index contributed by atoms with van der Waals surface area (Å²) in [6.45, 7) is 5.67. The Morgan fingerprint density at radius 2 is 1.21 bits per heavy atom. The molecule has 0 unspecified atom stereocenters. The molecular weight excluding hydrogens is 302 g/mol. The fourth-order valence-corrected chi connectivity index (χ4v) is 2.93. The minimum Gasteiger partial charge on any atom is -0.497 e. The molecule has 0 spiro atoms. The van der Waals surface area contributed by atoms with Crippen LogP contribution in [-0.2, 0) is 4.79 Å². The van der Waals surface area contributed by atoms with Gasteiger partial charge in [0.1, 0.15) is 11.5 Å². The predicted octanol–water partition coefficient (Wildman–Crippen LogP) is 4.05. The summed E-state index contributed by atoms with van der Waals surface area (Å²) in [5.41, 5.74) is 2.09. The van der Waals surface area contributed by atoms with E-state index in [1.54, 1.807) is 21.1 Å². The number of rotatable bonds is 6. The van der Waals surface area contributed by atoms with E-state index in [4.69, 9.17) is 9.47 Å². The van der Waals surface area contributed by atoms with Gasteiger partial charge in [0.05, 0.1) is 20.3 Å². The van der Waals surface area contributed by atoms with Crippen LogP contribution in [0.2, 0.25) is 0 Å². The third-order valence-corrected chi connectivity index (χ3v) is 4.06. The summed E-state index contributed by atoms with van der Waals surface area (Å²) >= 11 is 0. The van der Waals surface area contributed by atoms with Gasteiger partial charge in [0.15, 0.2) is 0 Å². The topological polar surface area (TPSA) is 38.8 Å². The maximum Gasteiger partial charge on any atom is 0.220 e. The SMILES string of the molecule is COc1ccc(C(c2ccc(OC)cc2)N(C(C)=O)C(C)C)cc1. The van der Waals surface area contributed by atoms with Crippen LogP contribution in [0.25, 0.3) is 0 Å². The molecule has 0 heterocycles. The van der Waals surface area contributed by atoms with E-state index in [1.165, 1.54) is 0 Å². The average molecular weight is 327 g/mol. The molecule has 0 saturated heterocycles. The van der Waals surface area contributed by atoms with Crippen molar-refractivity contribution in [3.05, 3.63) is 59.7 Å². The summed E-state index contributed by atoms with van der Waals surface area (Å²) in [5.74, 6) is 1.64. The molecule has 1 amide bonds. The van der Waals surface area contributed by atoms with Gasteiger partial charge in [-0.15, -0.1) is 0 Å². The summed E-state index contributed by atoms with van der Waals surface area (Å²) in [7, 11) is 3.29. The Balaban J connectivity index is 2.51. The van der Waals surface area contributed by atoms with Gasteiger partial charge in [0, 0.05) is 13.0 Å². The molecule has 0 aliphatic rings. The van der Waals surface area contributed by atoms with Crippen molar-refractivity contribution in [1.82, 2.24) is 4.90 Å². The molecule has 0 aliphatic heterocycles. The number of carbonyl (C=O) groups excluding carboxylic acids is 1. The van der Waals surface area contributed by atoms with Gasteiger partial charge in [-0.2, -0.15) is 0 Å². The first kappa shape index (κ1) is 17.9. The molecule has 2 aromatic rings. The molecule has 0 bridgehead atoms. The number of ether oxygens (including phenoxy) is 2. The first-order valence-corrected chi connectivity index (χ1v) is 8.04. The summed E-state index contributed by atoms with van der Waals surface area (Å²) in [6.07, 6.45) is 0. The Bertz CT molecular complexity index is 615. The number of methoxy groups -OCH3 is 2. The van der Waals surface area contributed by atoms with Crippen LogP contribution in [-0.4, -0.2) is 31.1 Å². The van der Waals surface area contributed by atoms with Crippen LogP contribution in [0.1, 0.15) is 37.9 Å². The molecule has 24 heavy (non-hydrogen) atoms. The van der Waals surface area contributed by atoms with Gasteiger partial charge >= 0.3 is 0 Å². The van der Waals surface area contributed by atoms with Crippen LogP contribution in [0.3, 0.4) is 0 Å². The molecule has 0 N–H and O–H groups in total. The van der Waals surface area contributed by atoms with Crippen molar-refractivity contribution >= 4 is 5.91 Å². The molecule has 4 heteroatoms. The number of benzene rings is 2. The molecule has 0 atom stereocenters. The van der Waals surface area contributed by atoms with E-state index in [9.17, 15) is 4.79 Å². The van der Waals surface area contributed by atoms with Crippen molar-refractivity contribution in [3.63, 3.8) is 0 Å². The minimum atomic E-state index is -0.153. The van der Waals surface area contributed by atoms with Crippen molar-refractivity contribution in [2.24, 2.45) is 0 Å². The molecule has 2 rings (SSSR count). The van der Waals surface area contributed by atoms with E-state index in [-0.39, 0.29) is 18.0 Å². The van der Waals surface area contributed by atoms with E-state index in [0.717, 1.165) is 22.6 Å². The van der Waals surface area contributed by atoms with Crippen LogP contribution in [0.5, 0.6) is 11.5 Å². The van der Waals surface area contributed by atoms with Gasteiger partial charge in [-0.3, -0.25) is 4.79 Å². The Kier molecular flexibility index (Phi) is 5.85. The standard InChI is InChI=1S/C20H25NO3/c1-14(2)21(15(3)22)20(16-6-10-18(23-4)11-7-16)17-8-12-19(24-5)13-9-17/h6-14,20H,1-5H3. The second-order valence-corrected chi connectivity index (χ2v) is 5.97. The Labute approximate surface area is 144 Å². The van der Waals surface area contributed by atoms with Crippen molar-refractivity contribution < 1.29 is 14.3 Å². The lowest BCUT2D eigenvalue weighted by Crippen LogP contribution is -2.39. The van der Waals surface area contributed by atoms with E-state index in [2.05, 4.69) is 0 Å². The molecule has 2 aromatic carbocycles. The monoisotopic (exact) mass is 327 g/mol. The van der Waals surface area contributed by atoms with Crippen LogP contribution in [0.15, 0.2) is 48.5 Å². The van der Waals surface area contributed by atoms with Crippen molar-refractivity contribution in [2.45, 2.75) is 32.9 Å². The molecule has 0 aliphatic carbocycles. The summed E-state index contributed by atoms with van der Waals surface area (Å²) in [6, 6.07) is 15.6. The first-order valence-electron chi connectivity index (χ1n) is 8.04. The van der Waals surface area contributed by atoms with Crippen molar-refractivity contribution in [1.29, 1.82) is 0 Å². The molecule has 128 valence electrons. The Hall–Kier alpha value is -2.49. The van der Waals surface area contributed by atoms with Crippen molar-refractivity contribution in [3.8, 4) is 11.5 Å². The number of carbonyl (C=O) groups is 1. The third-order valence-electron chi connectivity index (χ3n) is 4.06. The van der Waals surface area contributed by atoms with Gasteiger partial charge in [-0.05, 0) is 49.2 Å². The van der Waals surface area contributed by atoms with Gasteiger partial charge in [0.25, 0.3) is 0 Å². The maximum absolute atomic E-state index is 12.3. The van der Waals surface area contributed by atoms with E-state index < -0.39 is 0 Å². The van der Waals surface area contributed by atoms with E-state index >= 15 is 0 Å². The van der Waals surface area contributed by atoms with Gasteiger partial charge < -0.3 is 14.4 Å². The van der Waals surface area contributed by atoms with Crippen LogP contribution in [0.4, 0.5) is 0 Å². The van der Waals surface area contributed by atoms with E-state index in [1.807, 2.05) is 67.3 Å². The van der Waals surface area contributed by atoms with Crippen LogP contribution in [0, 0.1) is 0 Å². The Morgan fingerprint density at radius 3 is 1.46 bits per heavy atom. The average Bonchev–Trinajstić information content (AvgIpc) is 2.59. The largest absolute Gasteiger partial charge is 0.497 e. The normalized spacial score (nSPS) is 10.8. The second kappa shape index (κ2) is 7.86. The highest BCUT2D eigenvalue weighted by atomic mass is 16.5. The molecular formula is C20H25NO3. The highest BCUT2D eigenvalue weighted by Crippen LogP contribution is 2.32. The van der Waals surface area contributed by atoms with Crippen molar-refractivity contribution in [2.75, 3.05) is 14.2 Å². The number of hydrogen-bond donors (Lipinski definition) is 0. The third kappa shape index (κ3) is 3.88. The molecule has 0 fully saturated rings. The fourth-order valence-electron chi connectivity index (χ4n) is 2.93. The minimum absolute atomic E-state index is 0.0432. The van der Waals surface area contributed by atoms with Gasteiger partial charge in [-0.25, -0.2) is 0 Å².